The average Bonchev–Trinajstić information content (AvgIpc) is 2.37. The minimum atomic E-state index is -0.426. The normalized spacial score (nSPS) is 14.2. The van der Waals surface area contributed by atoms with Gasteiger partial charge in [-0.2, -0.15) is 0 Å². The molecule has 18 heavy (non-hydrogen) atoms. The molecule has 0 atom stereocenters. The SMILES string of the molecule is CC(C)(CN)NC(=O)c1ccc2c(c1)OCCO2. The van der Waals surface area contributed by atoms with Gasteiger partial charge in [0.25, 0.3) is 5.91 Å². The number of benzene rings is 1. The third-order valence-electron chi connectivity index (χ3n) is 2.77. The number of rotatable bonds is 3. The predicted octanol–water partition coefficient (Wildman–Crippen LogP) is 0.925. The fourth-order valence-corrected chi connectivity index (χ4v) is 1.62. The van der Waals surface area contributed by atoms with Gasteiger partial charge in [0.1, 0.15) is 13.2 Å². The van der Waals surface area contributed by atoms with E-state index in [0.29, 0.717) is 36.8 Å². The second-order valence-electron chi connectivity index (χ2n) is 4.90. The molecule has 0 fully saturated rings. The maximum Gasteiger partial charge on any atom is 0.251 e. The second kappa shape index (κ2) is 4.86. The van der Waals surface area contributed by atoms with Crippen LogP contribution in [0.3, 0.4) is 0 Å². The predicted molar refractivity (Wildman–Crippen MR) is 68.0 cm³/mol. The Labute approximate surface area is 106 Å². The molecule has 1 heterocycles. The van der Waals surface area contributed by atoms with E-state index < -0.39 is 5.54 Å². The van der Waals surface area contributed by atoms with Gasteiger partial charge in [0.2, 0.25) is 0 Å². The Morgan fingerprint density at radius 2 is 2.00 bits per heavy atom. The molecule has 0 aromatic heterocycles. The fourth-order valence-electron chi connectivity index (χ4n) is 1.62. The first kappa shape index (κ1) is 12.7. The van der Waals surface area contributed by atoms with Gasteiger partial charge in [0, 0.05) is 17.6 Å². The van der Waals surface area contributed by atoms with Crippen molar-refractivity contribution in [1.29, 1.82) is 0 Å². The van der Waals surface area contributed by atoms with Crippen LogP contribution in [0, 0.1) is 0 Å². The Bertz CT molecular complexity index is 458. The maximum absolute atomic E-state index is 12.0. The molecule has 1 amide bonds. The molecule has 0 saturated carbocycles. The number of amides is 1. The zero-order chi connectivity index (χ0) is 13.2. The number of carbonyl (C=O) groups excluding carboxylic acids is 1. The van der Waals surface area contributed by atoms with Crippen molar-refractivity contribution in [2.75, 3.05) is 19.8 Å². The van der Waals surface area contributed by atoms with Crippen LogP contribution in [0.1, 0.15) is 24.2 Å². The van der Waals surface area contributed by atoms with Gasteiger partial charge < -0.3 is 20.5 Å². The first-order valence-corrected chi connectivity index (χ1v) is 5.94. The van der Waals surface area contributed by atoms with Crippen molar-refractivity contribution < 1.29 is 14.3 Å². The fraction of sp³-hybridized carbons (Fsp3) is 0.462. The van der Waals surface area contributed by atoms with E-state index in [1.54, 1.807) is 18.2 Å². The average molecular weight is 250 g/mol. The molecule has 0 bridgehead atoms. The second-order valence-corrected chi connectivity index (χ2v) is 4.90. The molecule has 5 nitrogen and oxygen atoms in total. The third-order valence-corrected chi connectivity index (χ3v) is 2.77. The topological polar surface area (TPSA) is 73.6 Å². The lowest BCUT2D eigenvalue weighted by Crippen LogP contribution is -2.48. The summed E-state index contributed by atoms with van der Waals surface area (Å²) < 4.78 is 10.8. The van der Waals surface area contributed by atoms with Gasteiger partial charge in [-0.15, -0.1) is 0 Å². The zero-order valence-corrected chi connectivity index (χ0v) is 10.7. The smallest absolute Gasteiger partial charge is 0.251 e. The molecule has 3 N–H and O–H groups in total. The van der Waals surface area contributed by atoms with Crippen LogP contribution in [-0.4, -0.2) is 31.2 Å². The quantitative estimate of drug-likeness (QED) is 0.836. The summed E-state index contributed by atoms with van der Waals surface area (Å²) in [5.41, 5.74) is 5.70. The minimum Gasteiger partial charge on any atom is -0.486 e. The lowest BCUT2D eigenvalue weighted by molar-refractivity contribution is 0.0914. The first-order chi connectivity index (χ1) is 8.52. The number of nitrogens with two attached hydrogens (primary N) is 1. The highest BCUT2D eigenvalue weighted by Gasteiger charge is 2.21. The number of ether oxygens (including phenoxy) is 2. The molecular weight excluding hydrogens is 232 g/mol. The van der Waals surface area contributed by atoms with Crippen molar-refractivity contribution in [2.45, 2.75) is 19.4 Å². The van der Waals surface area contributed by atoms with E-state index in [4.69, 9.17) is 15.2 Å². The summed E-state index contributed by atoms with van der Waals surface area (Å²) in [6, 6.07) is 5.16. The molecule has 1 aliphatic rings. The minimum absolute atomic E-state index is 0.164. The summed E-state index contributed by atoms with van der Waals surface area (Å²) in [5, 5.41) is 2.87. The monoisotopic (exact) mass is 250 g/mol. The lowest BCUT2D eigenvalue weighted by atomic mass is 10.0. The van der Waals surface area contributed by atoms with Crippen molar-refractivity contribution >= 4 is 5.91 Å². The molecule has 0 spiro atoms. The highest BCUT2D eigenvalue weighted by atomic mass is 16.6. The van der Waals surface area contributed by atoms with Gasteiger partial charge in [0.05, 0.1) is 0 Å². The highest BCUT2D eigenvalue weighted by molar-refractivity contribution is 5.95. The zero-order valence-electron chi connectivity index (χ0n) is 10.7. The maximum atomic E-state index is 12.0. The number of hydrogen-bond donors (Lipinski definition) is 2. The molecule has 0 aliphatic carbocycles. The van der Waals surface area contributed by atoms with Gasteiger partial charge in [-0.05, 0) is 32.0 Å². The van der Waals surface area contributed by atoms with Crippen molar-refractivity contribution in [3.05, 3.63) is 23.8 Å². The van der Waals surface area contributed by atoms with Crippen molar-refractivity contribution in [3.8, 4) is 11.5 Å². The van der Waals surface area contributed by atoms with Crippen molar-refractivity contribution in [2.24, 2.45) is 5.73 Å². The Balaban J connectivity index is 2.16. The highest BCUT2D eigenvalue weighted by Crippen LogP contribution is 2.30. The van der Waals surface area contributed by atoms with Crippen LogP contribution in [0.4, 0.5) is 0 Å². The molecule has 0 saturated heterocycles. The summed E-state index contributed by atoms with van der Waals surface area (Å²) in [4.78, 5) is 12.0. The third kappa shape index (κ3) is 2.73. The molecule has 1 aromatic carbocycles. The van der Waals surface area contributed by atoms with E-state index in [1.165, 1.54) is 0 Å². The standard InChI is InChI=1S/C13H18N2O3/c1-13(2,8-14)15-12(16)9-3-4-10-11(7-9)18-6-5-17-10/h3-4,7H,5-6,8,14H2,1-2H3,(H,15,16). The van der Waals surface area contributed by atoms with E-state index in [1.807, 2.05) is 13.8 Å². The molecule has 0 unspecified atom stereocenters. The van der Waals surface area contributed by atoms with Gasteiger partial charge in [0.15, 0.2) is 11.5 Å². The summed E-state index contributed by atoms with van der Waals surface area (Å²) in [5.74, 6) is 1.12. The van der Waals surface area contributed by atoms with Crippen molar-refractivity contribution in [1.82, 2.24) is 5.32 Å². The van der Waals surface area contributed by atoms with Crippen LogP contribution in [0.5, 0.6) is 11.5 Å². The van der Waals surface area contributed by atoms with E-state index in [2.05, 4.69) is 5.32 Å². The summed E-state index contributed by atoms with van der Waals surface area (Å²) in [7, 11) is 0. The van der Waals surface area contributed by atoms with E-state index in [9.17, 15) is 4.79 Å². The number of fused-ring (bicyclic) bond motifs is 1. The van der Waals surface area contributed by atoms with E-state index in [-0.39, 0.29) is 5.91 Å². The van der Waals surface area contributed by atoms with Gasteiger partial charge >= 0.3 is 0 Å². The van der Waals surface area contributed by atoms with Crippen molar-refractivity contribution in [3.63, 3.8) is 0 Å². The molecular formula is C13H18N2O3. The van der Waals surface area contributed by atoms with Crippen LogP contribution in [-0.2, 0) is 0 Å². The van der Waals surface area contributed by atoms with Crippen LogP contribution < -0.4 is 20.5 Å². The summed E-state index contributed by atoms with van der Waals surface area (Å²) >= 11 is 0. The Hall–Kier alpha value is -1.75. The molecule has 2 rings (SSSR count). The van der Waals surface area contributed by atoms with Crippen LogP contribution in [0.25, 0.3) is 0 Å². The molecule has 1 aliphatic heterocycles. The molecule has 5 heteroatoms. The molecule has 1 aromatic rings. The molecule has 98 valence electrons. The Morgan fingerprint density at radius 3 is 2.67 bits per heavy atom. The first-order valence-electron chi connectivity index (χ1n) is 5.94. The summed E-state index contributed by atoms with van der Waals surface area (Å²) in [6.07, 6.45) is 0. The van der Waals surface area contributed by atoms with Crippen LogP contribution >= 0.6 is 0 Å². The van der Waals surface area contributed by atoms with E-state index >= 15 is 0 Å². The van der Waals surface area contributed by atoms with E-state index in [0.717, 1.165) is 0 Å². The van der Waals surface area contributed by atoms with Gasteiger partial charge in [-0.25, -0.2) is 0 Å². The Morgan fingerprint density at radius 1 is 1.33 bits per heavy atom. The van der Waals surface area contributed by atoms with Crippen LogP contribution in [0.2, 0.25) is 0 Å². The molecule has 0 radical (unpaired) electrons. The lowest BCUT2D eigenvalue weighted by Gasteiger charge is -2.24. The number of nitrogens with one attached hydrogen (secondary N) is 1. The number of hydrogen-bond acceptors (Lipinski definition) is 4. The van der Waals surface area contributed by atoms with Gasteiger partial charge in [-0.1, -0.05) is 0 Å². The Kier molecular flexibility index (Phi) is 3.43. The van der Waals surface area contributed by atoms with Gasteiger partial charge in [-0.3, -0.25) is 4.79 Å². The summed E-state index contributed by atoms with van der Waals surface area (Å²) in [6.45, 7) is 5.18. The number of carbonyl (C=O) groups is 1. The van der Waals surface area contributed by atoms with Crippen LogP contribution in [0.15, 0.2) is 18.2 Å². The largest absolute Gasteiger partial charge is 0.486 e.